The fourth-order valence-corrected chi connectivity index (χ4v) is 1.36. The number of nitrogens with zero attached hydrogens (tertiary/aromatic N) is 2. The molecule has 0 bridgehead atoms. The van der Waals surface area contributed by atoms with Crippen LogP contribution in [0.3, 0.4) is 0 Å². The number of likely N-dealkylation sites (N-methyl/N-ethyl adjacent to an activating group) is 1. The minimum atomic E-state index is 0.213. The summed E-state index contributed by atoms with van der Waals surface area (Å²) in [5.74, 6) is 1.63. The Morgan fingerprint density at radius 1 is 1.57 bits per heavy atom. The minimum absolute atomic E-state index is 0.213. The molecule has 1 aromatic heterocycles. The van der Waals surface area contributed by atoms with Gasteiger partial charge in [0.2, 0.25) is 5.89 Å². The van der Waals surface area contributed by atoms with Crippen LogP contribution < -0.4 is 5.32 Å². The van der Waals surface area contributed by atoms with E-state index in [2.05, 4.69) is 29.3 Å². The molecule has 0 spiro atoms. The van der Waals surface area contributed by atoms with E-state index >= 15 is 0 Å². The summed E-state index contributed by atoms with van der Waals surface area (Å²) in [6, 6.07) is 0.385. The first kappa shape index (κ1) is 9.65. The highest BCUT2D eigenvalue weighted by molar-refractivity contribution is 5.14. The normalized spacial score (nSPS) is 20.8. The summed E-state index contributed by atoms with van der Waals surface area (Å²) in [7, 11) is 1.93. The lowest BCUT2D eigenvalue weighted by Gasteiger charge is -2.04. The molecule has 0 aliphatic heterocycles. The van der Waals surface area contributed by atoms with E-state index in [0.29, 0.717) is 6.04 Å². The maximum Gasteiger partial charge on any atom is 0.228 e. The average molecular weight is 195 g/mol. The summed E-state index contributed by atoms with van der Waals surface area (Å²) < 4.78 is 5.20. The topological polar surface area (TPSA) is 51.0 Å². The second-order valence-corrected chi connectivity index (χ2v) is 4.47. The van der Waals surface area contributed by atoms with Gasteiger partial charge in [-0.25, -0.2) is 0 Å². The van der Waals surface area contributed by atoms with Crippen molar-refractivity contribution in [1.29, 1.82) is 0 Å². The Balaban J connectivity index is 2.03. The van der Waals surface area contributed by atoms with Crippen molar-refractivity contribution in [3.8, 4) is 0 Å². The van der Waals surface area contributed by atoms with Crippen molar-refractivity contribution in [3.05, 3.63) is 11.7 Å². The molecule has 1 heterocycles. The molecule has 1 fully saturated rings. The van der Waals surface area contributed by atoms with Gasteiger partial charge in [-0.2, -0.15) is 4.98 Å². The summed E-state index contributed by atoms with van der Waals surface area (Å²) in [5, 5.41) is 7.17. The lowest BCUT2D eigenvalue weighted by Crippen LogP contribution is -2.23. The van der Waals surface area contributed by atoms with Gasteiger partial charge in [-0.15, -0.1) is 0 Å². The standard InChI is InChI=1S/C10H17N3O/c1-7(11-3)6-8-12-9(13-14-8)10(2)4-5-10/h7,11H,4-6H2,1-3H3. The molecule has 0 aromatic carbocycles. The van der Waals surface area contributed by atoms with Crippen LogP contribution in [0, 0.1) is 0 Å². The first-order chi connectivity index (χ1) is 6.64. The summed E-state index contributed by atoms with van der Waals surface area (Å²) in [5.41, 5.74) is 0.213. The summed E-state index contributed by atoms with van der Waals surface area (Å²) >= 11 is 0. The van der Waals surface area contributed by atoms with Gasteiger partial charge in [0.05, 0.1) is 0 Å². The Labute approximate surface area is 84.1 Å². The fraction of sp³-hybridized carbons (Fsp3) is 0.800. The summed E-state index contributed by atoms with van der Waals surface area (Å²) in [6.45, 7) is 4.28. The van der Waals surface area contributed by atoms with Crippen LogP contribution in [0.4, 0.5) is 0 Å². The van der Waals surface area contributed by atoms with Crippen LogP contribution in [0.2, 0.25) is 0 Å². The smallest absolute Gasteiger partial charge is 0.228 e. The van der Waals surface area contributed by atoms with E-state index in [9.17, 15) is 0 Å². The first-order valence-corrected chi connectivity index (χ1v) is 5.14. The third kappa shape index (κ3) is 1.80. The van der Waals surface area contributed by atoms with Gasteiger partial charge in [0.1, 0.15) is 0 Å². The fourth-order valence-electron chi connectivity index (χ4n) is 1.36. The van der Waals surface area contributed by atoms with Crippen molar-refractivity contribution < 1.29 is 4.52 Å². The van der Waals surface area contributed by atoms with Gasteiger partial charge >= 0.3 is 0 Å². The predicted molar refractivity (Wildman–Crippen MR) is 53.1 cm³/mol. The lowest BCUT2D eigenvalue weighted by atomic mass is 10.1. The van der Waals surface area contributed by atoms with Crippen LogP contribution in [-0.2, 0) is 11.8 Å². The summed E-state index contributed by atoms with van der Waals surface area (Å²) in [6.07, 6.45) is 3.18. The molecule has 1 unspecified atom stereocenters. The molecule has 0 saturated heterocycles. The number of hydrogen-bond acceptors (Lipinski definition) is 4. The van der Waals surface area contributed by atoms with Crippen LogP contribution in [0.1, 0.15) is 38.4 Å². The van der Waals surface area contributed by atoms with Gasteiger partial charge in [-0.3, -0.25) is 0 Å². The quantitative estimate of drug-likeness (QED) is 0.786. The van der Waals surface area contributed by atoms with E-state index < -0.39 is 0 Å². The van der Waals surface area contributed by atoms with E-state index in [1.165, 1.54) is 12.8 Å². The Hall–Kier alpha value is -0.900. The molecule has 0 amide bonds. The van der Waals surface area contributed by atoms with Crippen LogP contribution in [-0.4, -0.2) is 23.2 Å². The predicted octanol–water partition coefficient (Wildman–Crippen LogP) is 1.27. The average Bonchev–Trinajstić information content (AvgIpc) is 2.75. The summed E-state index contributed by atoms with van der Waals surface area (Å²) in [4.78, 5) is 4.41. The van der Waals surface area contributed by atoms with E-state index in [1.807, 2.05) is 7.05 Å². The number of hydrogen-bond donors (Lipinski definition) is 1. The first-order valence-electron chi connectivity index (χ1n) is 5.14. The Bertz CT molecular complexity index is 317. The molecule has 1 N–H and O–H groups in total. The molecule has 78 valence electrons. The van der Waals surface area contributed by atoms with Gasteiger partial charge < -0.3 is 9.84 Å². The molecule has 14 heavy (non-hydrogen) atoms. The largest absolute Gasteiger partial charge is 0.339 e. The monoisotopic (exact) mass is 195 g/mol. The van der Waals surface area contributed by atoms with E-state index in [-0.39, 0.29) is 5.41 Å². The molecule has 1 saturated carbocycles. The third-order valence-electron chi connectivity index (χ3n) is 2.98. The Kier molecular flexibility index (Phi) is 2.31. The number of rotatable bonds is 4. The maximum absolute atomic E-state index is 5.20. The molecular weight excluding hydrogens is 178 g/mol. The van der Waals surface area contributed by atoms with Crippen LogP contribution in [0.25, 0.3) is 0 Å². The lowest BCUT2D eigenvalue weighted by molar-refractivity contribution is 0.358. The molecule has 2 rings (SSSR count). The molecule has 1 aliphatic rings. The van der Waals surface area contributed by atoms with Crippen LogP contribution in [0.5, 0.6) is 0 Å². The zero-order valence-electron chi connectivity index (χ0n) is 9.00. The van der Waals surface area contributed by atoms with Crippen molar-refractivity contribution in [1.82, 2.24) is 15.5 Å². The van der Waals surface area contributed by atoms with Crippen molar-refractivity contribution >= 4 is 0 Å². The minimum Gasteiger partial charge on any atom is -0.339 e. The van der Waals surface area contributed by atoms with E-state index in [0.717, 1.165) is 18.1 Å². The van der Waals surface area contributed by atoms with Gasteiger partial charge in [0.25, 0.3) is 0 Å². The highest BCUT2D eigenvalue weighted by Crippen LogP contribution is 2.45. The molecule has 0 radical (unpaired) electrons. The Morgan fingerprint density at radius 2 is 2.29 bits per heavy atom. The maximum atomic E-state index is 5.20. The van der Waals surface area contributed by atoms with Crippen molar-refractivity contribution in [2.45, 2.75) is 44.6 Å². The van der Waals surface area contributed by atoms with Crippen molar-refractivity contribution in [3.63, 3.8) is 0 Å². The van der Waals surface area contributed by atoms with E-state index in [4.69, 9.17) is 4.52 Å². The van der Waals surface area contributed by atoms with Crippen molar-refractivity contribution in [2.75, 3.05) is 7.05 Å². The third-order valence-corrected chi connectivity index (χ3v) is 2.98. The van der Waals surface area contributed by atoms with Gasteiger partial charge in [0.15, 0.2) is 5.82 Å². The zero-order chi connectivity index (χ0) is 10.2. The van der Waals surface area contributed by atoms with Crippen LogP contribution in [0.15, 0.2) is 4.52 Å². The molecule has 1 atom stereocenters. The highest BCUT2D eigenvalue weighted by Gasteiger charge is 2.43. The SMILES string of the molecule is CNC(C)Cc1nc(C2(C)CC2)no1. The number of nitrogens with one attached hydrogen (secondary N) is 1. The van der Waals surface area contributed by atoms with Crippen molar-refractivity contribution in [2.24, 2.45) is 0 Å². The van der Waals surface area contributed by atoms with Crippen LogP contribution >= 0.6 is 0 Å². The second-order valence-electron chi connectivity index (χ2n) is 4.47. The molecule has 1 aliphatic carbocycles. The van der Waals surface area contributed by atoms with Gasteiger partial charge in [-0.1, -0.05) is 12.1 Å². The highest BCUT2D eigenvalue weighted by atomic mass is 16.5. The second kappa shape index (κ2) is 3.35. The molecule has 4 nitrogen and oxygen atoms in total. The zero-order valence-corrected chi connectivity index (χ0v) is 9.00. The van der Waals surface area contributed by atoms with Gasteiger partial charge in [0, 0.05) is 17.9 Å². The van der Waals surface area contributed by atoms with Gasteiger partial charge in [-0.05, 0) is 26.8 Å². The van der Waals surface area contributed by atoms with E-state index in [1.54, 1.807) is 0 Å². The number of aromatic nitrogens is 2. The molecular formula is C10H17N3O. The molecule has 4 heteroatoms. The Morgan fingerprint density at radius 3 is 2.86 bits per heavy atom. The molecule has 1 aromatic rings.